The zero-order chi connectivity index (χ0) is 17.9. The van der Waals surface area contributed by atoms with Gasteiger partial charge in [0.25, 0.3) is 0 Å². The quantitative estimate of drug-likeness (QED) is 0.784. The van der Waals surface area contributed by atoms with Crippen molar-refractivity contribution in [2.24, 2.45) is 5.92 Å². The van der Waals surface area contributed by atoms with E-state index in [0.29, 0.717) is 26.1 Å². The summed E-state index contributed by atoms with van der Waals surface area (Å²) in [6.45, 7) is 5.77. The highest BCUT2D eigenvalue weighted by molar-refractivity contribution is 5.76. The lowest BCUT2D eigenvalue weighted by Crippen LogP contribution is -2.40. The lowest BCUT2D eigenvalue weighted by Gasteiger charge is -2.17. The zero-order valence-corrected chi connectivity index (χ0v) is 15.0. The fourth-order valence-corrected chi connectivity index (χ4v) is 3.63. The molecule has 4 heterocycles. The van der Waals surface area contributed by atoms with Gasteiger partial charge in [0.05, 0.1) is 42.9 Å². The number of carbonyl (C=O) groups is 1. The maximum Gasteiger partial charge on any atom is 0.220 e. The standard InChI is InChI=1S/C18H25N5O3/c1-12-6-16(26-22-12)7-13-10-25-11-17(13)20-18(24)3-2-14-8-15-9-19-4-5-23(15)21-14/h6,8,13,17,19H,2-5,7,9-11H2,1H3,(H,20,24). The lowest BCUT2D eigenvalue weighted by molar-refractivity contribution is -0.122. The molecule has 0 aliphatic carbocycles. The molecular formula is C18H25N5O3. The van der Waals surface area contributed by atoms with E-state index < -0.39 is 0 Å². The number of aromatic nitrogens is 3. The monoisotopic (exact) mass is 359 g/mol. The zero-order valence-electron chi connectivity index (χ0n) is 15.0. The summed E-state index contributed by atoms with van der Waals surface area (Å²) in [5.41, 5.74) is 3.05. The van der Waals surface area contributed by atoms with Gasteiger partial charge in [-0.15, -0.1) is 0 Å². The maximum absolute atomic E-state index is 12.4. The summed E-state index contributed by atoms with van der Waals surface area (Å²) in [5.74, 6) is 1.11. The molecule has 140 valence electrons. The molecule has 1 fully saturated rings. The average molecular weight is 359 g/mol. The number of rotatable bonds is 6. The van der Waals surface area contributed by atoms with Crippen LogP contribution in [0, 0.1) is 12.8 Å². The number of hydrogen-bond donors (Lipinski definition) is 2. The Hall–Kier alpha value is -2.19. The maximum atomic E-state index is 12.4. The molecule has 2 aliphatic heterocycles. The second kappa shape index (κ2) is 7.59. The van der Waals surface area contributed by atoms with Gasteiger partial charge in [-0.3, -0.25) is 9.48 Å². The SMILES string of the molecule is Cc1cc(CC2COCC2NC(=O)CCc2cc3n(n2)CCNC3)on1. The number of aryl methyl sites for hydroxylation is 2. The van der Waals surface area contributed by atoms with Gasteiger partial charge in [-0.25, -0.2) is 0 Å². The molecule has 2 aliphatic rings. The Morgan fingerprint density at radius 1 is 1.42 bits per heavy atom. The highest BCUT2D eigenvalue weighted by Gasteiger charge is 2.30. The Morgan fingerprint density at radius 2 is 2.35 bits per heavy atom. The third-order valence-electron chi connectivity index (χ3n) is 5.01. The van der Waals surface area contributed by atoms with E-state index in [4.69, 9.17) is 9.26 Å². The second-order valence-electron chi connectivity index (χ2n) is 7.14. The van der Waals surface area contributed by atoms with Crippen LogP contribution >= 0.6 is 0 Å². The molecule has 4 rings (SSSR count). The van der Waals surface area contributed by atoms with Gasteiger partial charge in [0.1, 0.15) is 5.76 Å². The summed E-state index contributed by atoms with van der Waals surface area (Å²) >= 11 is 0. The van der Waals surface area contributed by atoms with E-state index in [1.807, 2.05) is 17.7 Å². The van der Waals surface area contributed by atoms with Crippen LogP contribution in [0.1, 0.15) is 29.3 Å². The van der Waals surface area contributed by atoms with Crippen LogP contribution in [0.2, 0.25) is 0 Å². The largest absolute Gasteiger partial charge is 0.379 e. The van der Waals surface area contributed by atoms with E-state index in [0.717, 1.165) is 43.2 Å². The smallest absolute Gasteiger partial charge is 0.220 e. The number of ether oxygens (including phenoxy) is 1. The summed E-state index contributed by atoms with van der Waals surface area (Å²) < 4.78 is 12.9. The predicted octanol–water partition coefficient (Wildman–Crippen LogP) is 0.589. The highest BCUT2D eigenvalue weighted by Crippen LogP contribution is 2.20. The average Bonchev–Trinajstić information content (AvgIpc) is 3.34. The van der Waals surface area contributed by atoms with Gasteiger partial charge >= 0.3 is 0 Å². The van der Waals surface area contributed by atoms with Crippen molar-refractivity contribution in [3.63, 3.8) is 0 Å². The number of carbonyl (C=O) groups excluding carboxylic acids is 1. The van der Waals surface area contributed by atoms with Crippen LogP contribution < -0.4 is 10.6 Å². The van der Waals surface area contributed by atoms with E-state index in [1.54, 1.807) is 0 Å². The third kappa shape index (κ3) is 3.96. The molecule has 2 unspecified atom stereocenters. The van der Waals surface area contributed by atoms with Crippen LogP contribution in [0.4, 0.5) is 0 Å². The van der Waals surface area contributed by atoms with E-state index in [1.165, 1.54) is 5.69 Å². The van der Waals surface area contributed by atoms with Crippen molar-refractivity contribution < 1.29 is 14.1 Å². The molecule has 2 N–H and O–H groups in total. The Kier molecular flexibility index (Phi) is 5.03. The van der Waals surface area contributed by atoms with Gasteiger partial charge in [-0.1, -0.05) is 5.16 Å². The first-order valence-electron chi connectivity index (χ1n) is 9.23. The van der Waals surface area contributed by atoms with Crippen molar-refractivity contribution >= 4 is 5.91 Å². The first-order valence-corrected chi connectivity index (χ1v) is 9.23. The first-order chi connectivity index (χ1) is 12.7. The van der Waals surface area contributed by atoms with E-state index in [9.17, 15) is 4.79 Å². The lowest BCUT2D eigenvalue weighted by atomic mass is 9.98. The van der Waals surface area contributed by atoms with Crippen molar-refractivity contribution in [1.82, 2.24) is 25.6 Å². The minimum absolute atomic E-state index is 0.0207. The molecule has 0 saturated carbocycles. The predicted molar refractivity (Wildman–Crippen MR) is 93.4 cm³/mol. The summed E-state index contributed by atoms with van der Waals surface area (Å²) in [6, 6.07) is 4.05. The van der Waals surface area contributed by atoms with Crippen LogP contribution in [0.3, 0.4) is 0 Å². The fraction of sp³-hybridized carbons (Fsp3) is 0.611. The Balaban J connectivity index is 1.27. The van der Waals surface area contributed by atoms with E-state index in [2.05, 4.69) is 27.0 Å². The highest BCUT2D eigenvalue weighted by atomic mass is 16.5. The third-order valence-corrected chi connectivity index (χ3v) is 5.01. The first kappa shape index (κ1) is 17.2. The molecule has 2 aromatic heterocycles. The van der Waals surface area contributed by atoms with Crippen molar-refractivity contribution in [1.29, 1.82) is 0 Å². The number of hydrogen-bond acceptors (Lipinski definition) is 6. The van der Waals surface area contributed by atoms with E-state index >= 15 is 0 Å². The Bertz CT molecular complexity index is 745. The minimum atomic E-state index is 0.0207. The van der Waals surface area contributed by atoms with Gasteiger partial charge in [0.2, 0.25) is 5.91 Å². The van der Waals surface area contributed by atoms with Crippen LogP contribution in [-0.4, -0.2) is 46.6 Å². The van der Waals surface area contributed by atoms with Crippen LogP contribution in [0.25, 0.3) is 0 Å². The van der Waals surface area contributed by atoms with Crippen molar-refractivity contribution in [2.45, 2.75) is 45.3 Å². The number of nitrogens with one attached hydrogen (secondary N) is 2. The van der Waals surface area contributed by atoms with Crippen molar-refractivity contribution in [3.8, 4) is 0 Å². The van der Waals surface area contributed by atoms with Crippen LogP contribution in [-0.2, 0) is 35.5 Å². The van der Waals surface area contributed by atoms with Crippen LogP contribution in [0.15, 0.2) is 16.7 Å². The second-order valence-corrected chi connectivity index (χ2v) is 7.14. The van der Waals surface area contributed by atoms with Gasteiger partial charge in [0.15, 0.2) is 0 Å². The number of fused-ring (bicyclic) bond motifs is 1. The minimum Gasteiger partial charge on any atom is -0.379 e. The molecule has 2 atom stereocenters. The number of amides is 1. The van der Waals surface area contributed by atoms with Gasteiger partial charge in [0, 0.05) is 44.3 Å². The molecule has 2 aromatic rings. The molecule has 1 saturated heterocycles. The van der Waals surface area contributed by atoms with Crippen molar-refractivity contribution in [3.05, 3.63) is 35.0 Å². The molecule has 1 amide bonds. The van der Waals surface area contributed by atoms with Gasteiger partial charge in [-0.05, 0) is 13.0 Å². The molecule has 0 aromatic carbocycles. The topological polar surface area (TPSA) is 94.2 Å². The normalized spacial score (nSPS) is 22.3. The summed E-state index contributed by atoms with van der Waals surface area (Å²) in [4.78, 5) is 12.4. The summed E-state index contributed by atoms with van der Waals surface area (Å²) in [5, 5.41) is 14.9. The Morgan fingerprint density at radius 3 is 3.15 bits per heavy atom. The Labute approximate surface area is 152 Å². The molecule has 0 bridgehead atoms. The molecule has 0 radical (unpaired) electrons. The van der Waals surface area contributed by atoms with Crippen molar-refractivity contribution in [2.75, 3.05) is 19.8 Å². The van der Waals surface area contributed by atoms with Gasteiger partial charge in [-0.2, -0.15) is 5.10 Å². The fourth-order valence-electron chi connectivity index (χ4n) is 3.63. The summed E-state index contributed by atoms with van der Waals surface area (Å²) in [6.07, 6.45) is 1.83. The van der Waals surface area contributed by atoms with E-state index in [-0.39, 0.29) is 17.9 Å². The molecule has 8 heteroatoms. The number of nitrogens with zero attached hydrogens (tertiary/aromatic N) is 3. The molecular weight excluding hydrogens is 334 g/mol. The van der Waals surface area contributed by atoms with Gasteiger partial charge < -0.3 is 19.9 Å². The summed E-state index contributed by atoms with van der Waals surface area (Å²) in [7, 11) is 0. The molecule has 26 heavy (non-hydrogen) atoms. The van der Waals surface area contributed by atoms with Crippen LogP contribution in [0.5, 0.6) is 0 Å². The molecule has 8 nitrogen and oxygen atoms in total. The molecule has 0 spiro atoms.